The molecular formula is C17H24N2O2. The summed E-state index contributed by atoms with van der Waals surface area (Å²) in [5.41, 5.74) is 0.774. The molecule has 0 unspecified atom stereocenters. The quantitative estimate of drug-likeness (QED) is 0.749. The van der Waals surface area contributed by atoms with Gasteiger partial charge in [0.25, 0.3) is 0 Å². The highest BCUT2D eigenvalue weighted by Gasteiger charge is 2.26. The van der Waals surface area contributed by atoms with Crippen LogP contribution in [0.2, 0.25) is 0 Å². The first-order chi connectivity index (χ1) is 10.2. The maximum absolute atomic E-state index is 12.3. The van der Waals surface area contributed by atoms with E-state index in [9.17, 15) is 4.79 Å². The molecule has 0 bridgehead atoms. The van der Waals surface area contributed by atoms with Crippen molar-refractivity contribution in [2.75, 3.05) is 46.4 Å². The van der Waals surface area contributed by atoms with Crippen LogP contribution in [0.5, 0.6) is 5.75 Å². The first kappa shape index (κ1) is 14.5. The summed E-state index contributed by atoms with van der Waals surface area (Å²) >= 11 is 0. The highest BCUT2D eigenvalue weighted by Crippen LogP contribution is 2.29. The number of benzene rings is 1. The number of piperazine rings is 1. The molecule has 1 saturated carbocycles. The van der Waals surface area contributed by atoms with Gasteiger partial charge >= 0.3 is 0 Å². The molecule has 4 nitrogen and oxygen atoms in total. The molecule has 0 spiro atoms. The van der Waals surface area contributed by atoms with Crippen molar-refractivity contribution in [2.24, 2.45) is 5.92 Å². The molecule has 3 rings (SSSR count). The SMILES string of the molecule is COc1ccc(C(=O)CN2CCN(CC3CC3)CC2)cc1. The summed E-state index contributed by atoms with van der Waals surface area (Å²) in [5, 5.41) is 0. The van der Waals surface area contributed by atoms with Crippen LogP contribution in [0, 0.1) is 5.92 Å². The fourth-order valence-corrected chi connectivity index (χ4v) is 2.87. The number of carbonyl (C=O) groups excluding carboxylic acids is 1. The van der Waals surface area contributed by atoms with Crippen molar-refractivity contribution in [1.82, 2.24) is 9.80 Å². The first-order valence-corrected chi connectivity index (χ1v) is 7.86. The van der Waals surface area contributed by atoms with Gasteiger partial charge in [-0.25, -0.2) is 0 Å². The number of methoxy groups -OCH3 is 1. The minimum absolute atomic E-state index is 0.202. The van der Waals surface area contributed by atoms with Gasteiger partial charge in [-0.3, -0.25) is 9.69 Å². The number of ketones is 1. The zero-order valence-corrected chi connectivity index (χ0v) is 12.8. The first-order valence-electron chi connectivity index (χ1n) is 7.86. The standard InChI is InChI=1S/C17H24N2O2/c1-21-16-6-4-15(5-7-16)17(20)13-19-10-8-18(9-11-19)12-14-2-3-14/h4-7,14H,2-3,8-13H2,1H3. The van der Waals surface area contributed by atoms with Gasteiger partial charge in [-0.05, 0) is 43.0 Å². The lowest BCUT2D eigenvalue weighted by atomic mass is 10.1. The molecule has 1 saturated heterocycles. The second-order valence-electron chi connectivity index (χ2n) is 6.17. The molecule has 0 atom stereocenters. The maximum atomic E-state index is 12.3. The second kappa shape index (κ2) is 6.58. The van der Waals surface area contributed by atoms with Crippen molar-refractivity contribution in [3.8, 4) is 5.75 Å². The van der Waals surface area contributed by atoms with Crippen LogP contribution >= 0.6 is 0 Å². The number of hydrogen-bond acceptors (Lipinski definition) is 4. The van der Waals surface area contributed by atoms with Crippen LogP contribution in [0.3, 0.4) is 0 Å². The Kier molecular flexibility index (Phi) is 4.56. The third-order valence-corrected chi connectivity index (χ3v) is 4.46. The second-order valence-corrected chi connectivity index (χ2v) is 6.17. The Morgan fingerprint density at radius 1 is 1.10 bits per heavy atom. The van der Waals surface area contributed by atoms with E-state index in [-0.39, 0.29) is 5.78 Å². The van der Waals surface area contributed by atoms with Crippen LogP contribution in [-0.4, -0.2) is 62.0 Å². The van der Waals surface area contributed by atoms with E-state index in [0.717, 1.165) is 43.4 Å². The van der Waals surface area contributed by atoms with Crippen molar-refractivity contribution in [3.05, 3.63) is 29.8 Å². The lowest BCUT2D eigenvalue weighted by molar-refractivity contribution is 0.0847. The highest BCUT2D eigenvalue weighted by molar-refractivity contribution is 5.97. The van der Waals surface area contributed by atoms with E-state index in [0.29, 0.717) is 6.54 Å². The molecule has 1 heterocycles. The topological polar surface area (TPSA) is 32.8 Å². The maximum Gasteiger partial charge on any atom is 0.176 e. The number of rotatable bonds is 6. The molecule has 0 aromatic heterocycles. The highest BCUT2D eigenvalue weighted by atomic mass is 16.5. The molecule has 4 heteroatoms. The summed E-state index contributed by atoms with van der Waals surface area (Å²) < 4.78 is 5.12. The third-order valence-electron chi connectivity index (χ3n) is 4.46. The Morgan fingerprint density at radius 2 is 1.71 bits per heavy atom. The molecule has 114 valence electrons. The van der Waals surface area contributed by atoms with Crippen molar-refractivity contribution in [1.29, 1.82) is 0 Å². The van der Waals surface area contributed by atoms with Gasteiger partial charge < -0.3 is 9.64 Å². The molecule has 0 amide bonds. The summed E-state index contributed by atoms with van der Waals surface area (Å²) in [4.78, 5) is 17.1. The lowest BCUT2D eigenvalue weighted by Crippen LogP contribution is -2.48. The van der Waals surface area contributed by atoms with Gasteiger partial charge in [0, 0.05) is 38.3 Å². The van der Waals surface area contributed by atoms with Crippen LogP contribution in [0.1, 0.15) is 23.2 Å². The number of nitrogens with zero attached hydrogens (tertiary/aromatic N) is 2. The van der Waals surface area contributed by atoms with E-state index >= 15 is 0 Å². The van der Waals surface area contributed by atoms with E-state index in [4.69, 9.17) is 4.74 Å². The zero-order chi connectivity index (χ0) is 14.7. The summed E-state index contributed by atoms with van der Waals surface area (Å²) in [6.07, 6.45) is 2.83. The zero-order valence-electron chi connectivity index (χ0n) is 12.8. The van der Waals surface area contributed by atoms with Gasteiger partial charge in [0.15, 0.2) is 5.78 Å². The van der Waals surface area contributed by atoms with Gasteiger partial charge in [0.1, 0.15) is 5.75 Å². The van der Waals surface area contributed by atoms with Crippen molar-refractivity contribution < 1.29 is 9.53 Å². The van der Waals surface area contributed by atoms with E-state index in [1.807, 2.05) is 24.3 Å². The summed E-state index contributed by atoms with van der Waals surface area (Å²) in [5.74, 6) is 1.95. The monoisotopic (exact) mass is 288 g/mol. The van der Waals surface area contributed by atoms with E-state index in [1.54, 1.807) is 7.11 Å². The van der Waals surface area contributed by atoms with Gasteiger partial charge in [-0.15, -0.1) is 0 Å². The predicted octanol–water partition coefficient (Wildman–Crippen LogP) is 1.91. The van der Waals surface area contributed by atoms with Crippen LogP contribution in [0.4, 0.5) is 0 Å². The van der Waals surface area contributed by atoms with Crippen LogP contribution < -0.4 is 4.74 Å². The van der Waals surface area contributed by atoms with Gasteiger partial charge in [-0.1, -0.05) is 0 Å². The molecule has 2 fully saturated rings. The van der Waals surface area contributed by atoms with E-state index in [1.165, 1.54) is 19.4 Å². The van der Waals surface area contributed by atoms with E-state index in [2.05, 4.69) is 9.80 Å². The molecule has 21 heavy (non-hydrogen) atoms. The minimum Gasteiger partial charge on any atom is -0.497 e. The van der Waals surface area contributed by atoms with Crippen molar-refractivity contribution >= 4 is 5.78 Å². The smallest absolute Gasteiger partial charge is 0.176 e. The molecule has 1 aromatic rings. The van der Waals surface area contributed by atoms with Crippen LogP contribution in [0.15, 0.2) is 24.3 Å². The van der Waals surface area contributed by atoms with Crippen LogP contribution in [-0.2, 0) is 0 Å². The number of hydrogen-bond donors (Lipinski definition) is 0. The Bertz CT molecular complexity index is 474. The van der Waals surface area contributed by atoms with Gasteiger partial charge in [0.05, 0.1) is 13.7 Å². The molecule has 0 N–H and O–H groups in total. The minimum atomic E-state index is 0.202. The predicted molar refractivity (Wildman–Crippen MR) is 82.9 cm³/mol. The van der Waals surface area contributed by atoms with Gasteiger partial charge in [-0.2, -0.15) is 0 Å². The fourth-order valence-electron chi connectivity index (χ4n) is 2.87. The summed E-state index contributed by atoms with van der Waals surface area (Å²) in [6, 6.07) is 7.40. The fraction of sp³-hybridized carbons (Fsp3) is 0.588. The number of Topliss-reactive ketones (excluding diaryl/α,β-unsaturated/α-hetero) is 1. The van der Waals surface area contributed by atoms with Crippen LogP contribution in [0.25, 0.3) is 0 Å². The summed E-state index contributed by atoms with van der Waals surface area (Å²) in [6.45, 7) is 6.02. The molecule has 0 radical (unpaired) electrons. The molecular weight excluding hydrogens is 264 g/mol. The van der Waals surface area contributed by atoms with Crippen molar-refractivity contribution in [2.45, 2.75) is 12.8 Å². The van der Waals surface area contributed by atoms with Crippen molar-refractivity contribution in [3.63, 3.8) is 0 Å². The molecule has 2 aliphatic rings. The number of ether oxygens (including phenoxy) is 1. The van der Waals surface area contributed by atoms with E-state index < -0.39 is 0 Å². The molecule has 1 aliphatic heterocycles. The molecule has 1 aliphatic carbocycles. The Hall–Kier alpha value is -1.39. The average Bonchev–Trinajstić information content (AvgIpc) is 3.33. The Labute approximate surface area is 126 Å². The van der Waals surface area contributed by atoms with Gasteiger partial charge in [0.2, 0.25) is 0 Å². The number of carbonyl (C=O) groups is 1. The largest absolute Gasteiger partial charge is 0.497 e. The third kappa shape index (κ3) is 4.05. The lowest BCUT2D eigenvalue weighted by Gasteiger charge is -2.34. The summed E-state index contributed by atoms with van der Waals surface area (Å²) in [7, 11) is 1.64. The normalized spacial score (nSPS) is 20.4. The average molecular weight is 288 g/mol. The Balaban J connectivity index is 1.46. The molecule has 1 aromatic carbocycles. The Morgan fingerprint density at radius 3 is 2.29 bits per heavy atom.